The zero-order valence-corrected chi connectivity index (χ0v) is 31.5. The van der Waals surface area contributed by atoms with E-state index in [4.69, 9.17) is 23.9 Å². The first-order valence-corrected chi connectivity index (χ1v) is 20.6. The molecular weight excluding hydrogens is 629 g/mol. The lowest BCUT2D eigenvalue weighted by atomic mass is 10.0. The average molecular weight is 683 g/mol. The van der Waals surface area contributed by atoms with Gasteiger partial charge in [-0.3, -0.25) is 0 Å². The molecule has 1 aromatic heterocycles. The largest absolute Gasteiger partial charge is 0.489 e. The van der Waals surface area contributed by atoms with E-state index in [-0.39, 0.29) is 11.1 Å². The van der Waals surface area contributed by atoms with Crippen molar-refractivity contribution in [1.29, 1.82) is 0 Å². The molecule has 3 aromatic carbocycles. The van der Waals surface area contributed by atoms with Gasteiger partial charge in [0.15, 0.2) is 8.32 Å². The molecule has 0 radical (unpaired) electrons. The average Bonchev–Trinajstić information content (AvgIpc) is 3.09. The maximum atomic E-state index is 6.65. The van der Waals surface area contributed by atoms with Crippen LogP contribution in [0.2, 0.25) is 18.1 Å². The summed E-state index contributed by atoms with van der Waals surface area (Å²) in [6.45, 7) is 18.2. The third-order valence-corrected chi connectivity index (χ3v) is 14.7. The standard InChI is InChI=1S/C39H54N6O3Si/c1-39(2,3)49(6,7)48-28-31-25-45(20-18-40-31)37-34-17-19-44(26-35(34)41-38(42-37)46-22-21-43(4)5)36-24-32(23-30-15-11-12-16-33(30)36)47-27-29-13-9-8-10-14-29/h8-16,23-24,31,40H,17-22,25-28H2,1-7H3. The molecule has 0 spiro atoms. The van der Waals surface area contributed by atoms with Crippen molar-refractivity contribution >= 4 is 30.6 Å². The molecule has 1 atom stereocenters. The van der Waals surface area contributed by atoms with E-state index in [1.165, 1.54) is 10.9 Å². The number of anilines is 2. The van der Waals surface area contributed by atoms with Crippen molar-refractivity contribution < 1.29 is 13.9 Å². The Labute approximate surface area is 293 Å². The number of likely N-dealkylation sites (N-methyl/N-ethyl adjacent to an activating group) is 1. The van der Waals surface area contributed by atoms with Gasteiger partial charge in [-0.2, -0.15) is 9.97 Å². The van der Waals surface area contributed by atoms with Gasteiger partial charge in [-0.05, 0) is 55.7 Å². The van der Waals surface area contributed by atoms with Gasteiger partial charge in [-0.15, -0.1) is 0 Å². The first-order chi connectivity index (χ1) is 23.5. The van der Waals surface area contributed by atoms with E-state index >= 15 is 0 Å². The summed E-state index contributed by atoms with van der Waals surface area (Å²) in [5.41, 5.74) is 4.57. The molecule has 10 heteroatoms. The van der Waals surface area contributed by atoms with Gasteiger partial charge in [0.05, 0.1) is 18.8 Å². The fourth-order valence-electron chi connectivity index (χ4n) is 6.24. The Bertz CT molecular complexity index is 1710. The molecule has 1 N–H and O–H groups in total. The van der Waals surface area contributed by atoms with Gasteiger partial charge in [0.1, 0.15) is 24.8 Å². The van der Waals surface area contributed by atoms with Crippen molar-refractivity contribution in [2.75, 3.05) is 69.8 Å². The van der Waals surface area contributed by atoms with E-state index in [0.717, 1.165) is 73.0 Å². The van der Waals surface area contributed by atoms with Crippen LogP contribution in [0.5, 0.6) is 11.8 Å². The smallest absolute Gasteiger partial charge is 0.318 e. The lowest BCUT2D eigenvalue weighted by Crippen LogP contribution is -2.55. The van der Waals surface area contributed by atoms with Crippen LogP contribution in [0.3, 0.4) is 0 Å². The molecule has 0 bridgehead atoms. The Hall–Kier alpha value is -3.70. The fourth-order valence-corrected chi connectivity index (χ4v) is 7.30. The number of hydrogen-bond donors (Lipinski definition) is 1. The van der Waals surface area contributed by atoms with E-state index in [0.29, 0.717) is 32.4 Å². The van der Waals surface area contributed by atoms with Crippen LogP contribution in [0.25, 0.3) is 10.8 Å². The molecule has 0 amide bonds. The first kappa shape index (κ1) is 35.1. The van der Waals surface area contributed by atoms with E-state index in [1.807, 2.05) is 18.2 Å². The van der Waals surface area contributed by atoms with Crippen LogP contribution in [-0.4, -0.2) is 89.3 Å². The molecule has 1 unspecified atom stereocenters. The van der Waals surface area contributed by atoms with Gasteiger partial charge < -0.3 is 33.9 Å². The van der Waals surface area contributed by atoms with Crippen LogP contribution in [-0.2, 0) is 24.0 Å². The van der Waals surface area contributed by atoms with Crippen LogP contribution in [0, 0.1) is 0 Å². The van der Waals surface area contributed by atoms with Crippen LogP contribution in [0.4, 0.5) is 11.5 Å². The number of piperazine rings is 1. The summed E-state index contributed by atoms with van der Waals surface area (Å²) in [7, 11) is 2.25. The minimum absolute atomic E-state index is 0.177. The summed E-state index contributed by atoms with van der Waals surface area (Å²) in [6, 6.07) is 23.9. The molecule has 1 saturated heterocycles. The van der Waals surface area contributed by atoms with Gasteiger partial charge in [-0.1, -0.05) is 75.4 Å². The number of aromatic nitrogens is 2. The second-order valence-corrected chi connectivity index (χ2v) is 20.0. The van der Waals surface area contributed by atoms with Crippen molar-refractivity contribution in [3.05, 3.63) is 83.6 Å². The molecule has 0 saturated carbocycles. The van der Waals surface area contributed by atoms with E-state index in [2.05, 4.69) is 117 Å². The van der Waals surface area contributed by atoms with E-state index in [1.54, 1.807) is 0 Å². The Morgan fingerprint density at radius 1 is 0.939 bits per heavy atom. The number of ether oxygens (including phenoxy) is 2. The molecule has 262 valence electrons. The maximum absolute atomic E-state index is 6.65. The minimum Gasteiger partial charge on any atom is -0.489 e. The van der Waals surface area contributed by atoms with Crippen molar-refractivity contribution in [3.8, 4) is 11.8 Å². The summed E-state index contributed by atoms with van der Waals surface area (Å²) in [6.07, 6.45) is 0.848. The molecule has 3 heterocycles. The molecule has 4 aromatic rings. The highest BCUT2D eigenvalue weighted by atomic mass is 28.4. The maximum Gasteiger partial charge on any atom is 0.318 e. The van der Waals surface area contributed by atoms with Crippen molar-refractivity contribution in [1.82, 2.24) is 20.2 Å². The number of benzene rings is 3. The minimum atomic E-state index is -1.86. The Kier molecular flexibility index (Phi) is 10.8. The van der Waals surface area contributed by atoms with Crippen LogP contribution in [0.1, 0.15) is 37.6 Å². The molecule has 49 heavy (non-hydrogen) atoms. The molecular formula is C39H54N6O3Si. The highest BCUT2D eigenvalue weighted by Crippen LogP contribution is 2.38. The van der Waals surface area contributed by atoms with Gasteiger partial charge in [0.25, 0.3) is 0 Å². The predicted molar refractivity (Wildman–Crippen MR) is 203 cm³/mol. The monoisotopic (exact) mass is 682 g/mol. The zero-order valence-electron chi connectivity index (χ0n) is 30.5. The molecule has 9 nitrogen and oxygen atoms in total. The summed E-state index contributed by atoms with van der Waals surface area (Å²) < 4.78 is 19.2. The summed E-state index contributed by atoms with van der Waals surface area (Å²) in [5, 5.41) is 6.26. The number of fused-ring (bicyclic) bond motifs is 2. The fraction of sp³-hybridized carbons (Fsp3) is 0.487. The number of nitrogens with one attached hydrogen (secondary N) is 1. The number of rotatable bonds is 12. The van der Waals surface area contributed by atoms with Gasteiger partial charge in [0.2, 0.25) is 0 Å². The summed E-state index contributed by atoms with van der Waals surface area (Å²) in [4.78, 5) is 17.1. The zero-order chi connectivity index (χ0) is 34.6. The van der Waals surface area contributed by atoms with Gasteiger partial charge in [-0.25, -0.2) is 0 Å². The topological polar surface area (TPSA) is 75.2 Å². The SMILES string of the molecule is CN(C)CCOc1nc2c(c(N3CCNC(CO[Si](C)(C)C(C)(C)C)C3)n1)CCN(c1cc(OCc3ccccc3)cc3ccccc13)C2. The van der Waals surface area contributed by atoms with Gasteiger partial charge >= 0.3 is 6.01 Å². The molecule has 0 aliphatic carbocycles. The lowest BCUT2D eigenvalue weighted by Gasteiger charge is -2.40. The second kappa shape index (κ2) is 15.0. The van der Waals surface area contributed by atoms with Crippen molar-refractivity contribution in [2.24, 2.45) is 0 Å². The predicted octanol–water partition coefficient (Wildman–Crippen LogP) is 6.51. The lowest BCUT2D eigenvalue weighted by molar-refractivity contribution is 0.234. The Morgan fingerprint density at radius 2 is 1.71 bits per heavy atom. The molecule has 6 rings (SSSR count). The third-order valence-electron chi connectivity index (χ3n) is 10.2. The van der Waals surface area contributed by atoms with Crippen molar-refractivity contribution in [2.45, 2.75) is 64.5 Å². The molecule has 2 aliphatic heterocycles. The molecule has 1 fully saturated rings. The Balaban J connectivity index is 1.27. The van der Waals surface area contributed by atoms with Crippen molar-refractivity contribution in [3.63, 3.8) is 0 Å². The molecule has 2 aliphatic rings. The van der Waals surface area contributed by atoms with Crippen LogP contribution in [0.15, 0.2) is 66.7 Å². The normalized spacial score (nSPS) is 17.0. The highest BCUT2D eigenvalue weighted by molar-refractivity contribution is 6.74. The number of nitrogens with zero attached hydrogens (tertiary/aromatic N) is 5. The van der Waals surface area contributed by atoms with Crippen LogP contribution >= 0.6 is 0 Å². The highest BCUT2D eigenvalue weighted by Gasteiger charge is 2.38. The summed E-state index contributed by atoms with van der Waals surface area (Å²) in [5.74, 6) is 1.87. The second-order valence-electron chi connectivity index (χ2n) is 15.2. The Morgan fingerprint density at radius 3 is 2.49 bits per heavy atom. The van der Waals surface area contributed by atoms with E-state index in [9.17, 15) is 0 Å². The number of hydrogen-bond acceptors (Lipinski definition) is 9. The summed E-state index contributed by atoms with van der Waals surface area (Å²) >= 11 is 0. The quantitative estimate of drug-likeness (QED) is 0.168. The first-order valence-electron chi connectivity index (χ1n) is 17.7. The van der Waals surface area contributed by atoms with Crippen LogP contribution < -0.4 is 24.6 Å². The third kappa shape index (κ3) is 8.55. The van der Waals surface area contributed by atoms with Gasteiger partial charge in [0, 0.05) is 61.5 Å². The van der Waals surface area contributed by atoms with E-state index < -0.39 is 8.32 Å².